The van der Waals surface area contributed by atoms with E-state index in [-0.39, 0.29) is 0 Å². The van der Waals surface area contributed by atoms with Crippen molar-refractivity contribution in [3.05, 3.63) is 40.8 Å². The van der Waals surface area contributed by atoms with Gasteiger partial charge in [-0.2, -0.15) is 0 Å². The number of aromatic nitrogens is 3. The van der Waals surface area contributed by atoms with Gasteiger partial charge in [0.05, 0.1) is 0 Å². The van der Waals surface area contributed by atoms with Gasteiger partial charge < -0.3 is 9.88 Å². The molecule has 0 bridgehead atoms. The zero-order valence-corrected chi connectivity index (χ0v) is 18.9. The Morgan fingerprint density at radius 2 is 1.82 bits per heavy atom. The third kappa shape index (κ3) is 3.57. The van der Waals surface area contributed by atoms with E-state index in [1.165, 1.54) is 46.4 Å². The van der Waals surface area contributed by atoms with Crippen LogP contribution in [0.5, 0.6) is 0 Å². The molecule has 0 aliphatic heterocycles. The van der Waals surface area contributed by atoms with Crippen LogP contribution >= 0.6 is 15.9 Å². The maximum absolute atomic E-state index is 4.74. The fourth-order valence-corrected chi connectivity index (χ4v) is 4.81. The van der Waals surface area contributed by atoms with Gasteiger partial charge in [-0.25, -0.2) is 9.97 Å². The number of halogens is 1. The molecule has 148 valence electrons. The molecule has 1 N–H and O–H groups in total. The average Bonchev–Trinajstić information content (AvgIpc) is 3.39. The van der Waals surface area contributed by atoms with E-state index in [0.717, 1.165) is 47.6 Å². The number of aryl methyl sites for hydroxylation is 3. The van der Waals surface area contributed by atoms with E-state index >= 15 is 0 Å². The summed E-state index contributed by atoms with van der Waals surface area (Å²) in [5.74, 6) is 1.87. The molecule has 3 aromatic rings. The standard InChI is InChI=1S/C23H29BrN4/c1-5-8-28(12-17-6-7-17)23-22-21(25-13-26-23)20(18(11-24)27-22)19-15(3)9-14(2)10-16(19)4/h9-10,13,17,27H,5-8,11-12H2,1-4H3. The third-order valence-electron chi connectivity index (χ3n) is 5.67. The Balaban J connectivity index is 1.91. The first-order valence-corrected chi connectivity index (χ1v) is 11.4. The fourth-order valence-electron chi connectivity index (χ4n) is 4.39. The Hall–Kier alpha value is -1.88. The summed E-state index contributed by atoms with van der Waals surface area (Å²) >= 11 is 3.70. The Labute approximate surface area is 175 Å². The van der Waals surface area contributed by atoms with E-state index in [1.54, 1.807) is 6.33 Å². The molecule has 0 radical (unpaired) electrons. The minimum atomic E-state index is 0.765. The molecule has 2 aromatic heterocycles. The molecule has 0 saturated heterocycles. The highest BCUT2D eigenvalue weighted by molar-refractivity contribution is 9.08. The lowest BCUT2D eigenvalue weighted by Crippen LogP contribution is -2.27. The predicted molar refractivity (Wildman–Crippen MR) is 121 cm³/mol. The van der Waals surface area contributed by atoms with Crippen molar-refractivity contribution in [2.24, 2.45) is 5.92 Å². The Morgan fingerprint density at radius 1 is 1.11 bits per heavy atom. The van der Waals surface area contributed by atoms with Gasteiger partial charge in [0, 0.05) is 29.7 Å². The normalized spacial score (nSPS) is 14.0. The number of aromatic amines is 1. The molecule has 0 spiro atoms. The van der Waals surface area contributed by atoms with Crippen molar-refractivity contribution >= 4 is 32.8 Å². The number of hydrogen-bond acceptors (Lipinski definition) is 3. The van der Waals surface area contributed by atoms with Crippen LogP contribution in [0.2, 0.25) is 0 Å². The van der Waals surface area contributed by atoms with Crippen LogP contribution in [0.25, 0.3) is 22.2 Å². The molecule has 1 fully saturated rings. The summed E-state index contributed by atoms with van der Waals surface area (Å²) < 4.78 is 0. The largest absolute Gasteiger partial charge is 0.355 e. The topological polar surface area (TPSA) is 44.8 Å². The molecule has 2 heterocycles. The summed E-state index contributed by atoms with van der Waals surface area (Å²) in [6.45, 7) is 10.9. The van der Waals surface area contributed by atoms with E-state index in [9.17, 15) is 0 Å². The molecule has 28 heavy (non-hydrogen) atoms. The number of H-pyrrole nitrogens is 1. The van der Waals surface area contributed by atoms with Crippen molar-refractivity contribution in [3.8, 4) is 11.1 Å². The number of nitrogens with one attached hydrogen (secondary N) is 1. The molecule has 4 nitrogen and oxygen atoms in total. The summed E-state index contributed by atoms with van der Waals surface area (Å²) in [6.07, 6.45) is 5.55. The highest BCUT2D eigenvalue weighted by atomic mass is 79.9. The van der Waals surface area contributed by atoms with Gasteiger partial charge in [-0.15, -0.1) is 0 Å². The molecule has 0 unspecified atom stereocenters. The van der Waals surface area contributed by atoms with Crippen LogP contribution in [0.1, 0.15) is 48.6 Å². The molecule has 0 amide bonds. The smallest absolute Gasteiger partial charge is 0.156 e. The second kappa shape index (κ2) is 7.86. The van der Waals surface area contributed by atoms with Gasteiger partial charge in [-0.3, -0.25) is 0 Å². The van der Waals surface area contributed by atoms with Gasteiger partial charge in [0.15, 0.2) is 5.82 Å². The molecule has 0 atom stereocenters. The molecule has 1 aliphatic carbocycles. The first kappa shape index (κ1) is 19.4. The van der Waals surface area contributed by atoms with Crippen molar-refractivity contribution in [2.45, 2.75) is 52.3 Å². The van der Waals surface area contributed by atoms with Crippen LogP contribution in [0.4, 0.5) is 5.82 Å². The minimum Gasteiger partial charge on any atom is -0.355 e. The lowest BCUT2D eigenvalue weighted by atomic mass is 9.93. The first-order chi connectivity index (χ1) is 13.5. The summed E-state index contributed by atoms with van der Waals surface area (Å²) in [4.78, 5) is 15.6. The minimum absolute atomic E-state index is 0.765. The van der Waals surface area contributed by atoms with Gasteiger partial charge in [0.25, 0.3) is 0 Å². The van der Waals surface area contributed by atoms with Crippen LogP contribution < -0.4 is 4.90 Å². The van der Waals surface area contributed by atoms with Crippen LogP contribution in [-0.4, -0.2) is 28.0 Å². The number of fused-ring (bicyclic) bond motifs is 1. The van der Waals surface area contributed by atoms with E-state index in [2.05, 4.69) is 65.6 Å². The number of benzene rings is 1. The van der Waals surface area contributed by atoms with Gasteiger partial charge in [0.1, 0.15) is 17.4 Å². The third-order valence-corrected chi connectivity index (χ3v) is 6.23. The molecule has 1 aromatic carbocycles. The first-order valence-electron chi connectivity index (χ1n) is 10.3. The molecular formula is C23H29BrN4. The zero-order chi connectivity index (χ0) is 19.8. The number of nitrogens with zero attached hydrogens (tertiary/aromatic N) is 3. The number of anilines is 1. The van der Waals surface area contributed by atoms with Gasteiger partial charge in [-0.1, -0.05) is 40.5 Å². The second-order valence-corrected chi connectivity index (χ2v) is 8.76. The average molecular weight is 441 g/mol. The highest BCUT2D eigenvalue weighted by Gasteiger charge is 2.27. The molecule has 4 rings (SSSR count). The molecule has 1 saturated carbocycles. The number of hydrogen-bond donors (Lipinski definition) is 1. The van der Waals surface area contributed by atoms with Gasteiger partial charge in [0.2, 0.25) is 0 Å². The SMILES string of the molecule is CCCN(CC1CC1)c1ncnc2c(-c3c(C)cc(C)cc3C)c(CBr)[nH]c12. The lowest BCUT2D eigenvalue weighted by Gasteiger charge is -2.23. The lowest BCUT2D eigenvalue weighted by molar-refractivity contribution is 0.700. The van der Waals surface area contributed by atoms with Crippen LogP contribution in [0.15, 0.2) is 18.5 Å². The Kier molecular flexibility index (Phi) is 5.46. The summed E-state index contributed by atoms with van der Waals surface area (Å²) in [5.41, 5.74) is 9.68. The predicted octanol–water partition coefficient (Wildman–Crippen LogP) is 6.07. The highest BCUT2D eigenvalue weighted by Crippen LogP contribution is 2.40. The fraction of sp³-hybridized carbons (Fsp3) is 0.478. The number of alkyl halides is 1. The van der Waals surface area contributed by atoms with Crippen LogP contribution in [0.3, 0.4) is 0 Å². The molecule has 1 aliphatic rings. The second-order valence-electron chi connectivity index (χ2n) is 8.20. The van der Waals surface area contributed by atoms with Crippen LogP contribution in [-0.2, 0) is 5.33 Å². The van der Waals surface area contributed by atoms with E-state index in [0.29, 0.717) is 0 Å². The van der Waals surface area contributed by atoms with E-state index in [1.807, 2.05) is 0 Å². The Morgan fingerprint density at radius 3 is 2.43 bits per heavy atom. The Bertz CT molecular complexity index is 980. The van der Waals surface area contributed by atoms with Gasteiger partial charge >= 0.3 is 0 Å². The van der Waals surface area contributed by atoms with Crippen molar-refractivity contribution in [1.29, 1.82) is 0 Å². The quantitative estimate of drug-likeness (QED) is 0.453. The summed E-state index contributed by atoms with van der Waals surface area (Å²) in [5, 5.41) is 0.765. The van der Waals surface area contributed by atoms with Crippen molar-refractivity contribution < 1.29 is 0 Å². The number of rotatable bonds is 7. The molecular weight excluding hydrogens is 412 g/mol. The van der Waals surface area contributed by atoms with Gasteiger partial charge in [-0.05, 0) is 62.6 Å². The van der Waals surface area contributed by atoms with Crippen molar-refractivity contribution in [2.75, 3.05) is 18.0 Å². The summed E-state index contributed by atoms with van der Waals surface area (Å²) in [7, 11) is 0. The van der Waals surface area contributed by atoms with Crippen LogP contribution in [0, 0.1) is 26.7 Å². The monoisotopic (exact) mass is 440 g/mol. The maximum atomic E-state index is 4.74. The van der Waals surface area contributed by atoms with E-state index < -0.39 is 0 Å². The van der Waals surface area contributed by atoms with E-state index in [4.69, 9.17) is 9.97 Å². The maximum Gasteiger partial charge on any atom is 0.156 e. The zero-order valence-electron chi connectivity index (χ0n) is 17.3. The summed E-state index contributed by atoms with van der Waals surface area (Å²) in [6, 6.07) is 4.52. The molecule has 5 heteroatoms. The van der Waals surface area contributed by atoms with Crippen molar-refractivity contribution in [3.63, 3.8) is 0 Å². The van der Waals surface area contributed by atoms with Crippen molar-refractivity contribution in [1.82, 2.24) is 15.0 Å².